The van der Waals surface area contributed by atoms with Crippen molar-refractivity contribution in [1.29, 1.82) is 0 Å². The molecule has 0 heterocycles. The minimum atomic E-state index is 0.0919. The summed E-state index contributed by atoms with van der Waals surface area (Å²) in [5.41, 5.74) is 7.28. The highest BCUT2D eigenvalue weighted by atomic mass is 16.5. The Morgan fingerprint density at radius 1 is 1.47 bits per heavy atom. The second-order valence-electron chi connectivity index (χ2n) is 5.06. The van der Waals surface area contributed by atoms with Crippen molar-refractivity contribution >= 4 is 5.91 Å². The number of nitrogens with two attached hydrogens (primary N) is 1. The summed E-state index contributed by atoms with van der Waals surface area (Å²) in [6, 6.07) is 6.04. The normalized spacial score (nSPS) is 14.3. The fraction of sp³-hybridized carbons (Fsp3) is 0.533. The number of methoxy groups -OCH3 is 1. The molecule has 1 aliphatic carbocycles. The molecule has 1 amide bonds. The van der Waals surface area contributed by atoms with Crippen molar-refractivity contribution in [2.24, 2.45) is 5.73 Å². The van der Waals surface area contributed by atoms with E-state index in [-0.39, 0.29) is 5.91 Å². The third-order valence-electron chi connectivity index (χ3n) is 3.51. The van der Waals surface area contributed by atoms with E-state index in [1.54, 1.807) is 7.11 Å². The van der Waals surface area contributed by atoms with E-state index in [9.17, 15) is 4.79 Å². The van der Waals surface area contributed by atoms with Crippen molar-refractivity contribution in [3.05, 3.63) is 29.3 Å². The van der Waals surface area contributed by atoms with Crippen LogP contribution in [0.25, 0.3) is 0 Å². The molecule has 0 spiro atoms. The maximum Gasteiger partial charge on any atom is 0.254 e. The number of rotatable bonds is 6. The van der Waals surface area contributed by atoms with Gasteiger partial charge in [0.2, 0.25) is 0 Å². The minimum absolute atomic E-state index is 0.0919. The van der Waals surface area contributed by atoms with Gasteiger partial charge in [0.25, 0.3) is 5.91 Å². The van der Waals surface area contributed by atoms with Crippen LogP contribution in [0.5, 0.6) is 5.75 Å². The molecule has 0 aliphatic heterocycles. The number of ether oxygens (including phenoxy) is 1. The number of nitrogens with zero attached hydrogens (tertiary/aromatic N) is 1. The first kappa shape index (κ1) is 13.9. The zero-order chi connectivity index (χ0) is 13.8. The van der Waals surface area contributed by atoms with Gasteiger partial charge in [0.05, 0.1) is 7.11 Å². The van der Waals surface area contributed by atoms with Crippen molar-refractivity contribution in [1.82, 2.24) is 4.90 Å². The molecule has 0 atom stereocenters. The SMILES string of the molecule is COc1cc(C(=O)N(CCCN)C2CC2)ccc1C. The van der Waals surface area contributed by atoms with E-state index in [4.69, 9.17) is 10.5 Å². The Morgan fingerprint density at radius 2 is 2.21 bits per heavy atom. The molecule has 0 radical (unpaired) electrons. The summed E-state index contributed by atoms with van der Waals surface area (Å²) >= 11 is 0. The van der Waals surface area contributed by atoms with Crippen molar-refractivity contribution < 1.29 is 9.53 Å². The summed E-state index contributed by atoms with van der Waals surface area (Å²) in [4.78, 5) is 14.5. The highest BCUT2D eigenvalue weighted by Crippen LogP contribution is 2.29. The quantitative estimate of drug-likeness (QED) is 0.852. The Balaban J connectivity index is 2.16. The van der Waals surface area contributed by atoms with Crippen LogP contribution in [-0.2, 0) is 0 Å². The fourth-order valence-electron chi connectivity index (χ4n) is 2.22. The van der Waals surface area contributed by atoms with Gasteiger partial charge in [0.15, 0.2) is 0 Å². The van der Waals surface area contributed by atoms with E-state index < -0.39 is 0 Å². The van der Waals surface area contributed by atoms with Crippen LogP contribution >= 0.6 is 0 Å². The Hall–Kier alpha value is -1.55. The van der Waals surface area contributed by atoms with Crippen molar-refractivity contribution in [3.8, 4) is 5.75 Å². The van der Waals surface area contributed by atoms with Crippen LogP contribution in [0.15, 0.2) is 18.2 Å². The summed E-state index contributed by atoms with van der Waals surface area (Å²) in [6.07, 6.45) is 3.07. The van der Waals surface area contributed by atoms with Gasteiger partial charge < -0.3 is 15.4 Å². The van der Waals surface area contributed by atoms with Crippen LogP contribution in [0.2, 0.25) is 0 Å². The maximum atomic E-state index is 12.5. The lowest BCUT2D eigenvalue weighted by Crippen LogP contribution is -2.34. The number of carbonyl (C=O) groups is 1. The molecule has 4 heteroatoms. The Kier molecular flexibility index (Phi) is 4.43. The van der Waals surface area contributed by atoms with Crippen LogP contribution in [0.1, 0.15) is 35.2 Å². The molecule has 0 bridgehead atoms. The molecule has 1 saturated carbocycles. The molecule has 2 rings (SSSR count). The number of aryl methyl sites for hydroxylation is 1. The van der Waals surface area contributed by atoms with Crippen molar-refractivity contribution in [3.63, 3.8) is 0 Å². The summed E-state index contributed by atoms with van der Waals surface area (Å²) in [5, 5.41) is 0. The summed E-state index contributed by atoms with van der Waals surface area (Å²) in [5.74, 6) is 0.856. The Morgan fingerprint density at radius 3 is 2.79 bits per heavy atom. The van der Waals surface area contributed by atoms with Crippen LogP contribution in [0.4, 0.5) is 0 Å². The molecule has 4 nitrogen and oxygen atoms in total. The average molecular weight is 262 g/mol. The molecule has 1 aliphatic rings. The van der Waals surface area contributed by atoms with E-state index >= 15 is 0 Å². The van der Waals surface area contributed by atoms with E-state index in [1.165, 1.54) is 0 Å². The molecule has 0 unspecified atom stereocenters. The van der Waals surface area contributed by atoms with Gasteiger partial charge in [-0.15, -0.1) is 0 Å². The first-order chi connectivity index (χ1) is 9.17. The highest BCUT2D eigenvalue weighted by Gasteiger charge is 2.32. The third-order valence-corrected chi connectivity index (χ3v) is 3.51. The van der Waals surface area contributed by atoms with Gasteiger partial charge in [0, 0.05) is 18.2 Å². The lowest BCUT2D eigenvalue weighted by molar-refractivity contribution is 0.0742. The zero-order valence-electron chi connectivity index (χ0n) is 11.7. The maximum absolute atomic E-state index is 12.5. The van der Waals surface area contributed by atoms with Crippen LogP contribution in [0, 0.1) is 6.92 Å². The molecule has 0 saturated heterocycles. The van der Waals surface area contributed by atoms with Crippen molar-refractivity contribution in [2.75, 3.05) is 20.2 Å². The van der Waals surface area contributed by atoms with E-state index in [2.05, 4.69) is 0 Å². The predicted molar refractivity (Wildman–Crippen MR) is 75.5 cm³/mol. The van der Waals surface area contributed by atoms with Gasteiger partial charge >= 0.3 is 0 Å². The molecule has 1 fully saturated rings. The molecular formula is C15H22N2O2. The van der Waals surface area contributed by atoms with Gasteiger partial charge in [-0.25, -0.2) is 0 Å². The molecule has 104 valence electrons. The third kappa shape index (κ3) is 3.26. The second kappa shape index (κ2) is 6.06. The van der Waals surface area contributed by atoms with Gasteiger partial charge in [-0.2, -0.15) is 0 Å². The van der Waals surface area contributed by atoms with Gasteiger partial charge in [-0.1, -0.05) is 6.07 Å². The summed E-state index contributed by atoms with van der Waals surface area (Å²) in [6.45, 7) is 3.34. The molecule has 19 heavy (non-hydrogen) atoms. The number of hydrogen-bond donors (Lipinski definition) is 1. The van der Waals surface area contributed by atoms with E-state index in [0.29, 0.717) is 18.2 Å². The first-order valence-corrected chi connectivity index (χ1v) is 6.83. The standard InChI is InChI=1S/C15H22N2O2/c1-11-4-5-12(10-14(11)19-2)15(18)17(9-3-8-16)13-6-7-13/h4-5,10,13H,3,6-9,16H2,1-2H3. The number of amides is 1. The molecule has 1 aromatic rings. The molecule has 2 N–H and O–H groups in total. The Bertz CT molecular complexity index is 455. The van der Waals surface area contributed by atoms with Gasteiger partial charge in [-0.3, -0.25) is 4.79 Å². The monoisotopic (exact) mass is 262 g/mol. The zero-order valence-corrected chi connectivity index (χ0v) is 11.7. The van der Waals surface area contributed by atoms with Crippen molar-refractivity contribution in [2.45, 2.75) is 32.2 Å². The van der Waals surface area contributed by atoms with Crippen LogP contribution < -0.4 is 10.5 Å². The number of carbonyl (C=O) groups excluding carboxylic acids is 1. The first-order valence-electron chi connectivity index (χ1n) is 6.83. The van der Waals surface area contributed by atoms with Gasteiger partial charge in [-0.05, 0) is 50.4 Å². The average Bonchev–Trinajstić information content (AvgIpc) is 3.24. The Labute approximate surface area is 114 Å². The van der Waals surface area contributed by atoms with Crippen LogP contribution in [-0.4, -0.2) is 37.0 Å². The second-order valence-corrected chi connectivity index (χ2v) is 5.06. The predicted octanol–water partition coefficient (Wildman–Crippen LogP) is 1.96. The van der Waals surface area contributed by atoms with E-state index in [1.807, 2.05) is 30.0 Å². The molecule has 1 aromatic carbocycles. The minimum Gasteiger partial charge on any atom is -0.496 e. The highest BCUT2D eigenvalue weighted by molar-refractivity contribution is 5.95. The largest absolute Gasteiger partial charge is 0.496 e. The lowest BCUT2D eigenvalue weighted by atomic mass is 10.1. The van der Waals surface area contributed by atoms with E-state index in [0.717, 1.165) is 37.1 Å². The van der Waals surface area contributed by atoms with Gasteiger partial charge in [0.1, 0.15) is 5.75 Å². The smallest absolute Gasteiger partial charge is 0.254 e. The topological polar surface area (TPSA) is 55.6 Å². The number of benzene rings is 1. The fourth-order valence-corrected chi connectivity index (χ4v) is 2.22. The molecule has 0 aromatic heterocycles. The summed E-state index contributed by atoms with van der Waals surface area (Å²) in [7, 11) is 1.63. The summed E-state index contributed by atoms with van der Waals surface area (Å²) < 4.78 is 5.28. The lowest BCUT2D eigenvalue weighted by Gasteiger charge is -2.22. The number of hydrogen-bond acceptors (Lipinski definition) is 3. The van der Waals surface area contributed by atoms with Crippen LogP contribution in [0.3, 0.4) is 0 Å². The molecular weight excluding hydrogens is 240 g/mol.